The number of oxazole rings is 2. The zero-order valence-corrected chi connectivity index (χ0v) is 25.8. The largest absolute Gasteiger partial charge is 0.436 e. The van der Waals surface area contributed by atoms with Crippen LogP contribution in [0.4, 0.5) is 0 Å². The van der Waals surface area contributed by atoms with Crippen molar-refractivity contribution in [1.82, 2.24) is 9.97 Å². The maximum atomic E-state index is 11.6. The molecular formula is C38H30N2O4S. The predicted octanol–water partition coefficient (Wildman–Crippen LogP) is 10.1. The van der Waals surface area contributed by atoms with Crippen LogP contribution < -0.4 is 4.74 Å². The number of ether oxygens (including phenoxy) is 1. The van der Waals surface area contributed by atoms with Gasteiger partial charge in [0.15, 0.2) is 11.2 Å². The van der Waals surface area contributed by atoms with E-state index < -0.39 is 5.97 Å². The van der Waals surface area contributed by atoms with Gasteiger partial charge in [-0.1, -0.05) is 67.8 Å². The average Bonchev–Trinajstić information content (AvgIpc) is 3.71. The van der Waals surface area contributed by atoms with Gasteiger partial charge in [0.1, 0.15) is 16.8 Å². The van der Waals surface area contributed by atoms with E-state index >= 15 is 0 Å². The van der Waals surface area contributed by atoms with Crippen LogP contribution >= 0.6 is 11.8 Å². The Hall–Kier alpha value is -5.40. The molecule has 0 saturated carbocycles. The summed E-state index contributed by atoms with van der Waals surface area (Å²) < 4.78 is 16.9. The third kappa shape index (κ3) is 6.44. The molecule has 0 aliphatic carbocycles. The van der Waals surface area contributed by atoms with E-state index in [1.807, 2.05) is 84.9 Å². The van der Waals surface area contributed by atoms with Crippen LogP contribution in [0.5, 0.6) is 5.75 Å². The lowest BCUT2D eigenvalue weighted by molar-refractivity contribution is -0.130. The van der Waals surface area contributed by atoms with E-state index in [0.717, 1.165) is 49.9 Å². The van der Waals surface area contributed by atoms with Crippen LogP contribution in [-0.2, 0) is 10.5 Å². The molecule has 0 aliphatic heterocycles. The molecule has 0 saturated heterocycles. The van der Waals surface area contributed by atoms with E-state index in [9.17, 15) is 4.79 Å². The summed E-state index contributed by atoms with van der Waals surface area (Å²) in [7, 11) is 0. The smallest absolute Gasteiger partial charge is 0.338 e. The second-order valence-corrected chi connectivity index (χ2v) is 11.3. The predicted molar refractivity (Wildman–Crippen MR) is 184 cm³/mol. The summed E-state index contributed by atoms with van der Waals surface area (Å²) >= 11 is 1.79. The number of para-hydroxylation sites is 2. The van der Waals surface area contributed by atoms with E-state index in [-0.39, 0.29) is 0 Å². The first-order valence-electron chi connectivity index (χ1n) is 14.3. The van der Waals surface area contributed by atoms with E-state index in [0.29, 0.717) is 23.1 Å². The third-order valence-corrected chi connectivity index (χ3v) is 7.75. The lowest BCUT2D eigenvalue weighted by Gasteiger charge is -2.06. The van der Waals surface area contributed by atoms with Crippen molar-refractivity contribution in [3.8, 4) is 28.7 Å². The van der Waals surface area contributed by atoms with Crippen molar-refractivity contribution in [1.29, 1.82) is 0 Å². The molecule has 2 heterocycles. The summed E-state index contributed by atoms with van der Waals surface area (Å²) in [5, 5.41) is 2.18. The van der Waals surface area contributed by atoms with Crippen LogP contribution in [0.15, 0.2) is 131 Å². The van der Waals surface area contributed by atoms with Gasteiger partial charge in [-0.05, 0) is 84.3 Å². The van der Waals surface area contributed by atoms with Crippen LogP contribution in [0.3, 0.4) is 0 Å². The van der Waals surface area contributed by atoms with E-state index in [1.165, 1.54) is 11.1 Å². The van der Waals surface area contributed by atoms with Gasteiger partial charge in [-0.3, -0.25) is 0 Å². The summed E-state index contributed by atoms with van der Waals surface area (Å²) in [6, 6.07) is 33.1. The van der Waals surface area contributed by atoms with E-state index in [1.54, 1.807) is 30.8 Å². The normalized spacial score (nSPS) is 10.9. The highest BCUT2D eigenvalue weighted by atomic mass is 32.2. The Morgan fingerprint density at radius 2 is 1.56 bits per heavy atom. The van der Waals surface area contributed by atoms with Crippen molar-refractivity contribution in [2.75, 3.05) is 6.26 Å². The number of benzene rings is 5. The fourth-order valence-corrected chi connectivity index (χ4v) is 5.42. The molecule has 0 amide bonds. The molecule has 222 valence electrons. The van der Waals surface area contributed by atoms with Crippen LogP contribution in [0.2, 0.25) is 0 Å². The molecule has 45 heavy (non-hydrogen) atoms. The van der Waals surface area contributed by atoms with Gasteiger partial charge in [-0.25, -0.2) is 14.8 Å². The molecular weight excluding hydrogens is 580 g/mol. The monoisotopic (exact) mass is 610 g/mol. The second kappa shape index (κ2) is 13.1. The summed E-state index contributed by atoms with van der Waals surface area (Å²) in [6.45, 7) is 9.04. The van der Waals surface area contributed by atoms with Crippen LogP contribution in [0.1, 0.15) is 18.1 Å². The minimum absolute atomic E-state index is 0.356. The zero-order valence-electron chi connectivity index (χ0n) is 24.9. The number of rotatable bonds is 7. The molecule has 0 fully saturated rings. The first kappa shape index (κ1) is 29.7. The maximum absolute atomic E-state index is 11.6. The highest BCUT2D eigenvalue weighted by molar-refractivity contribution is 7.97. The van der Waals surface area contributed by atoms with Crippen molar-refractivity contribution >= 4 is 56.8 Å². The Bertz CT molecular complexity index is 2140. The fraction of sp³-hybridized carbons (Fsp3) is 0.0789. The first-order valence-corrected chi connectivity index (χ1v) is 15.7. The van der Waals surface area contributed by atoms with Gasteiger partial charge >= 0.3 is 5.97 Å². The summed E-state index contributed by atoms with van der Waals surface area (Å²) in [5.41, 5.74) is 7.90. The van der Waals surface area contributed by atoms with Crippen LogP contribution in [0, 0.1) is 0 Å². The molecule has 0 radical (unpaired) electrons. The van der Waals surface area contributed by atoms with Crippen LogP contribution in [0.25, 0.3) is 62.0 Å². The Balaban J connectivity index is 0.000000163. The molecule has 0 bridgehead atoms. The number of hydrogen-bond donors (Lipinski definition) is 0. The highest BCUT2D eigenvalue weighted by Gasteiger charge is 2.13. The molecule has 7 heteroatoms. The van der Waals surface area contributed by atoms with Crippen molar-refractivity contribution in [3.05, 3.63) is 133 Å². The minimum Gasteiger partial charge on any atom is -0.436 e. The van der Waals surface area contributed by atoms with Gasteiger partial charge in [0.05, 0.1) is 0 Å². The SMILES string of the molecule is C=C(C)C(=O)Oc1ccc(-c2nc3c(ccc4ccccc43)o2)cc1.C=Cc1ccc(-c2nc3ccccc3o2)cc1CSC. The Morgan fingerprint density at radius 1 is 0.844 bits per heavy atom. The number of hydrogen-bond acceptors (Lipinski definition) is 7. The molecule has 0 aliphatic rings. The Labute approximate surface area is 265 Å². The molecule has 0 atom stereocenters. The van der Waals surface area contributed by atoms with Crippen molar-refractivity contribution < 1.29 is 18.4 Å². The molecule has 6 nitrogen and oxygen atoms in total. The standard InChI is InChI=1S/C21H15NO3.C17H15NOS/c1-13(2)21(23)24-16-10-7-15(8-11-16)20-22-19-17-6-4-3-5-14(17)9-12-18(19)25-20;1-3-12-8-9-13(10-14(12)11-20-2)17-18-15-6-4-5-7-16(15)19-17/h3-12H,1H2,2H3;3-10H,1,11H2,2H3. The molecule has 0 spiro atoms. The number of fused-ring (bicyclic) bond motifs is 4. The summed E-state index contributed by atoms with van der Waals surface area (Å²) in [4.78, 5) is 20.7. The number of thioether (sulfide) groups is 1. The van der Waals surface area contributed by atoms with Gasteiger partial charge in [0.25, 0.3) is 0 Å². The van der Waals surface area contributed by atoms with Gasteiger partial charge < -0.3 is 13.6 Å². The van der Waals surface area contributed by atoms with E-state index in [2.05, 4.69) is 41.5 Å². The van der Waals surface area contributed by atoms with Crippen LogP contribution in [-0.4, -0.2) is 22.2 Å². The Kier molecular flexibility index (Phi) is 8.62. The molecule has 7 aromatic rings. The zero-order chi connectivity index (χ0) is 31.3. The fourth-order valence-electron chi connectivity index (χ4n) is 4.86. The lowest BCUT2D eigenvalue weighted by atomic mass is 10.1. The molecule has 2 aromatic heterocycles. The molecule has 0 unspecified atom stereocenters. The molecule has 0 N–H and O–H groups in total. The lowest BCUT2D eigenvalue weighted by Crippen LogP contribution is -2.07. The summed E-state index contributed by atoms with van der Waals surface area (Å²) in [5.74, 6) is 2.17. The number of carbonyl (C=O) groups is 1. The van der Waals surface area contributed by atoms with Gasteiger partial charge in [0.2, 0.25) is 11.8 Å². The second-order valence-electron chi connectivity index (χ2n) is 10.4. The van der Waals surface area contributed by atoms with E-state index in [4.69, 9.17) is 13.6 Å². The number of nitrogens with zero attached hydrogens (tertiary/aromatic N) is 2. The highest BCUT2D eigenvalue weighted by Crippen LogP contribution is 2.31. The molecule has 5 aromatic carbocycles. The van der Waals surface area contributed by atoms with Crippen molar-refractivity contribution in [2.45, 2.75) is 12.7 Å². The topological polar surface area (TPSA) is 78.4 Å². The van der Waals surface area contributed by atoms with Crippen molar-refractivity contribution in [3.63, 3.8) is 0 Å². The molecule has 7 rings (SSSR count). The number of aromatic nitrogens is 2. The first-order chi connectivity index (χ1) is 21.9. The van der Waals surface area contributed by atoms with Crippen molar-refractivity contribution in [2.24, 2.45) is 0 Å². The number of carbonyl (C=O) groups excluding carboxylic acids is 1. The quantitative estimate of drug-likeness (QED) is 0.101. The minimum atomic E-state index is -0.443. The van der Waals surface area contributed by atoms with Gasteiger partial charge in [0, 0.05) is 27.8 Å². The van der Waals surface area contributed by atoms with Gasteiger partial charge in [-0.2, -0.15) is 11.8 Å². The third-order valence-electron chi connectivity index (χ3n) is 7.15. The van der Waals surface area contributed by atoms with Gasteiger partial charge in [-0.15, -0.1) is 0 Å². The Morgan fingerprint density at radius 3 is 2.31 bits per heavy atom. The number of esters is 1. The maximum Gasteiger partial charge on any atom is 0.338 e. The average molecular weight is 611 g/mol. The summed E-state index contributed by atoms with van der Waals surface area (Å²) in [6.07, 6.45) is 3.99.